The van der Waals surface area contributed by atoms with Gasteiger partial charge in [0.25, 0.3) is 5.56 Å². The first kappa shape index (κ1) is 26.7. The number of carbonyl (C=O) groups excluding carboxylic acids is 1. The molecule has 0 aromatic carbocycles. The second kappa shape index (κ2) is 9.96. The highest BCUT2D eigenvalue weighted by Gasteiger charge is 2.57. The first-order chi connectivity index (χ1) is 19.2. The van der Waals surface area contributed by atoms with Crippen molar-refractivity contribution < 1.29 is 14.3 Å². The van der Waals surface area contributed by atoms with Crippen LogP contribution in [0.3, 0.4) is 0 Å². The molecule has 6 aliphatic rings. The number of thioether (sulfide) groups is 1. The van der Waals surface area contributed by atoms with Gasteiger partial charge in [-0.05, 0) is 112 Å². The number of hydrogen-bond acceptors (Lipinski definition) is 6. The number of aromatic nitrogens is 3. The second-order valence-corrected chi connectivity index (χ2v) is 14.9. The van der Waals surface area contributed by atoms with E-state index in [2.05, 4.69) is 10.3 Å². The number of amides is 1. The number of rotatable bonds is 5. The standard InChI is InChI=1S/C30H39FN4O4S/c31-20-10-24-26(32-16-20)34(23-5-7-40-8-6-23)28(38)35(27(24)37)22-3-1-21(2-4-22)33-25(36)15-29-11-18-9-19(12-29)14-30(39,13-18)17-29/h10,16,18-19,21-23,39H,1-9,11-15,17H2,(H,33,36). The van der Waals surface area contributed by atoms with Crippen LogP contribution < -0.4 is 16.6 Å². The summed E-state index contributed by atoms with van der Waals surface area (Å²) < 4.78 is 17.2. The van der Waals surface area contributed by atoms with E-state index in [0.717, 1.165) is 62.6 Å². The van der Waals surface area contributed by atoms with Crippen LogP contribution in [-0.2, 0) is 4.79 Å². The zero-order valence-corrected chi connectivity index (χ0v) is 23.8. The molecule has 4 bridgehead atoms. The van der Waals surface area contributed by atoms with Gasteiger partial charge in [0.2, 0.25) is 5.91 Å². The summed E-state index contributed by atoms with van der Waals surface area (Å²) in [5, 5.41) is 14.5. The van der Waals surface area contributed by atoms with E-state index in [4.69, 9.17) is 0 Å². The Morgan fingerprint density at radius 3 is 2.38 bits per heavy atom. The number of nitrogens with zero attached hydrogens (tertiary/aromatic N) is 3. The number of nitrogens with one attached hydrogen (secondary N) is 1. The average molecular weight is 571 g/mol. The van der Waals surface area contributed by atoms with Gasteiger partial charge < -0.3 is 10.4 Å². The van der Waals surface area contributed by atoms with E-state index in [-0.39, 0.29) is 46.2 Å². The Labute approximate surface area is 237 Å². The topological polar surface area (TPSA) is 106 Å². The van der Waals surface area contributed by atoms with Crippen molar-refractivity contribution in [1.29, 1.82) is 0 Å². The highest BCUT2D eigenvalue weighted by molar-refractivity contribution is 7.99. The molecule has 1 aliphatic heterocycles. The van der Waals surface area contributed by atoms with Crippen LogP contribution >= 0.6 is 11.8 Å². The molecule has 2 atom stereocenters. The lowest BCUT2D eigenvalue weighted by atomic mass is 9.47. The van der Waals surface area contributed by atoms with Gasteiger partial charge >= 0.3 is 5.69 Å². The van der Waals surface area contributed by atoms with Crippen molar-refractivity contribution in [3.8, 4) is 0 Å². The molecule has 2 unspecified atom stereocenters. The summed E-state index contributed by atoms with van der Waals surface area (Å²) in [6.45, 7) is 0. The van der Waals surface area contributed by atoms with Gasteiger partial charge in [0.1, 0.15) is 11.5 Å². The van der Waals surface area contributed by atoms with E-state index in [1.54, 1.807) is 4.57 Å². The van der Waals surface area contributed by atoms with Crippen molar-refractivity contribution in [3.05, 3.63) is 38.9 Å². The van der Waals surface area contributed by atoms with Crippen LogP contribution in [0.4, 0.5) is 4.39 Å². The zero-order chi connectivity index (χ0) is 27.6. The number of hydrogen-bond donors (Lipinski definition) is 2. The van der Waals surface area contributed by atoms with E-state index >= 15 is 0 Å². The molecule has 0 radical (unpaired) electrons. The van der Waals surface area contributed by atoms with E-state index in [9.17, 15) is 23.9 Å². The van der Waals surface area contributed by atoms with Crippen LogP contribution in [-0.4, -0.2) is 48.3 Å². The van der Waals surface area contributed by atoms with Gasteiger partial charge in [0.05, 0.1) is 17.2 Å². The molecule has 1 amide bonds. The largest absolute Gasteiger partial charge is 0.390 e. The molecule has 216 valence electrons. The zero-order valence-electron chi connectivity index (χ0n) is 22.9. The van der Waals surface area contributed by atoms with E-state index in [1.807, 2.05) is 11.8 Å². The maximum Gasteiger partial charge on any atom is 0.333 e. The summed E-state index contributed by atoms with van der Waals surface area (Å²) in [7, 11) is 0. The fraction of sp³-hybridized carbons (Fsp3) is 0.733. The molecule has 5 saturated carbocycles. The van der Waals surface area contributed by atoms with Crippen LogP contribution in [0, 0.1) is 23.1 Å². The molecule has 2 aromatic rings. The Bertz CT molecular complexity index is 1430. The van der Waals surface area contributed by atoms with Crippen LogP contribution in [0.1, 0.15) is 95.6 Å². The SMILES string of the molecule is O=C(CC12CC3CC(CC(O)(C3)C1)C2)NC1CCC(n2c(=O)c3cc(F)cnc3n(C3CCSCC3)c2=O)CC1. The first-order valence-electron chi connectivity index (χ1n) is 15.1. The molecule has 40 heavy (non-hydrogen) atoms. The molecule has 0 spiro atoms. The van der Waals surface area contributed by atoms with Gasteiger partial charge in [-0.25, -0.2) is 14.2 Å². The lowest BCUT2D eigenvalue weighted by Crippen LogP contribution is -2.56. The fourth-order valence-electron chi connectivity index (χ4n) is 9.51. The maximum atomic E-state index is 14.2. The summed E-state index contributed by atoms with van der Waals surface area (Å²) in [6, 6.07) is 0.872. The van der Waals surface area contributed by atoms with Crippen molar-refractivity contribution >= 4 is 28.7 Å². The molecule has 3 heterocycles. The number of carbonyl (C=O) groups is 1. The van der Waals surface area contributed by atoms with E-state index in [1.165, 1.54) is 17.1 Å². The second-order valence-electron chi connectivity index (χ2n) is 13.6. The number of fused-ring (bicyclic) bond motifs is 1. The van der Waals surface area contributed by atoms with Crippen molar-refractivity contribution in [2.75, 3.05) is 11.5 Å². The van der Waals surface area contributed by atoms with E-state index in [0.29, 0.717) is 43.9 Å². The lowest BCUT2D eigenvalue weighted by Gasteiger charge is -2.60. The molecule has 2 N–H and O–H groups in total. The Balaban J connectivity index is 1.07. The van der Waals surface area contributed by atoms with Crippen molar-refractivity contribution in [2.45, 2.75) is 107 Å². The number of pyridine rings is 1. The summed E-state index contributed by atoms with van der Waals surface area (Å²) in [5.74, 6) is 2.45. The maximum absolute atomic E-state index is 14.2. The van der Waals surface area contributed by atoms with Crippen LogP contribution in [0.2, 0.25) is 0 Å². The minimum Gasteiger partial charge on any atom is -0.390 e. The molecule has 1 saturated heterocycles. The van der Waals surface area contributed by atoms with Gasteiger partial charge in [0.15, 0.2) is 0 Å². The molecule has 2 aromatic heterocycles. The highest BCUT2D eigenvalue weighted by atomic mass is 32.2. The van der Waals surface area contributed by atoms with Gasteiger partial charge in [-0.15, -0.1) is 0 Å². The quantitative estimate of drug-likeness (QED) is 0.561. The third kappa shape index (κ3) is 4.72. The normalized spacial score (nSPS) is 35.8. The molecule has 5 aliphatic carbocycles. The molecule has 8 nitrogen and oxygen atoms in total. The van der Waals surface area contributed by atoms with Gasteiger partial charge in [-0.2, -0.15) is 11.8 Å². The monoisotopic (exact) mass is 570 g/mol. The minimum atomic E-state index is -0.585. The predicted molar refractivity (Wildman–Crippen MR) is 152 cm³/mol. The Morgan fingerprint density at radius 2 is 1.70 bits per heavy atom. The van der Waals surface area contributed by atoms with Gasteiger partial charge in [0, 0.05) is 24.5 Å². The minimum absolute atomic E-state index is 0.00798. The van der Waals surface area contributed by atoms with Crippen LogP contribution in [0.15, 0.2) is 21.9 Å². The van der Waals surface area contributed by atoms with Gasteiger partial charge in [-0.3, -0.25) is 18.7 Å². The molecular weight excluding hydrogens is 531 g/mol. The van der Waals surface area contributed by atoms with Crippen LogP contribution in [0.25, 0.3) is 11.0 Å². The number of aliphatic hydroxyl groups is 1. The highest BCUT2D eigenvalue weighted by Crippen LogP contribution is 2.62. The fourth-order valence-corrected chi connectivity index (χ4v) is 10.6. The Morgan fingerprint density at radius 1 is 1.02 bits per heavy atom. The molecule has 8 rings (SSSR count). The van der Waals surface area contributed by atoms with E-state index < -0.39 is 17.0 Å². The van der Waals surface area contributed by atoms with Crippen molar-refractivity contribution in [3.63, 3.8) is 0 Å². The Hall–Kier alpha value is -2.20. The van der Waals surface area contributed by atoms with Crippen molar-refractivity contribution in [1.82, 2.24) is 19.4 Å². The lowest BCUT2D eigenvalue weighted by molar-refractivity contribution is -0.169. The van der Waals surface area contributed by atoms with Gasteiger partial charge in [-0.1, -0.05) is 0 Å². The predicted octanol–water partition coefficient (Wildman–Crippen LogP) is 4.09. The summed E-state index contributed by atoms with van der Waals surface area (Å²) in [5.41, 5.74) is -1.18. The molecule has 10 heteroatoms. The Kier molecular flexibility index (Phi) is 6.65. The summed E-state index contributed by atoms with van der Waals surface area (Å²) in [4.78, 5) is 44.7. The van der Waals surface area contributed by atoms with Crippen molar-refractivity contribution in [2.24, 2.45) is 17.3 Å². The van der Waals surface area contributed by atoms with Crippen LogP contribution in [0.5, 0.6) is 0 Å². The smallest absolute Gasteiger partial charge is 0.333 e. The third-order valence-corrected chi connectivity index (χ3v) is 11.6. The first-order valence-corrected chi connectivity index (χ1v) is 16.3. The number of halogens is 1. The third-order valence-electron chi connectivity index (χ3n) is 10.6. The average Bonchev–Trinajstić information content (AvgIpc) is 2.89. The summed E-state index contributed by atoms with van der Waals surface area (Å²) in [6.07, 6.45) is 11.6. The molecular formula is C30H39FN4O4S. The molecule has 6 fully saturated rings. The summed E-state index contributed by atoms with van der Waals surface area (Å²) >= 11 is 1.85.